The summed E-state index contributed by atoms with van der Waals surface area (Å²) in [4.78, 5) is 45.6. The van der Waals surface area contributed by atoms with Crippen molar-refractivity contribution in [2.75, 3.05) is 23.4 Å². The van der Waals surface area contributed by atoms with E-state index < -0.39 is 45.8 Å². The zero-order valence-electron chi connectivity index (χ0n) is 19.6. The molecule has 1 aromatic carbocycles. The van der Waals surface area contributed by atoms with Gasteiger partial charge in [-0.25, -0.2) is 4.98 Å². The zero-order valence-corrected chi connectivity index (χ0v) is 21.3. The summed E-state index contributed by atoms with van der Waals surface area (Å²) in [5.41, 5.74) is 5.98. The van der Waals surface area contributed by atoms with Gasteiger partial charge < -0.3 is 44.9 Å². The van der Waals surface area contributed by atoms with Crippen LogP contribution in [0.15, 0.2) is 34.2 Å². The molecule has 202 valence electrons. The van der Waals surface area contributed by atoms with Crippen LogP contribution in [0.4, 0.5) is 11.6 Å². The smallest absolute Gasteiger partial charge is 0.423 e. The Hall–Kier alpha value is -2.60. The van der Waals surface area contributed by atoms with Crippen LogP contribution in [-0.2, 0) is 18.6 Å². The third kappa shape index (κ3) is 5.56. The van der Waals surface area contributed by atoms with E-state index in [2.05, 4.69) is 20.3 Å². The number of thioether (sulfide) groups is 1. The first-order chi connectivity index (χ1) is 18.2. The van der Waals surface area contributed by atoms with Crippen molar-refractivity contribution in [3.63, 3.8) is 0 Å². The van der Waals surface area contributed by atoms with Gasteiger partial charge in [-0.05, 0) is 24.0 Å². The number of ether oxygens (including phenoxy) is 1. The van der Waals surface area contributed by atoms with E-state index >= 15 is 0 Å². The number of H-pyrrole nitrogens is 1. The van der Waals surface area contributed by atoms with Gasteiger partial charge in [-0.2, -0.15) is 4.98 Å². The first-order valence-corrected chi connectivity index (χ1v) is 13.6. The molecule has 0 radical (unpaired) electrons. The monoisotopic (exact) mass is 566 g/mol. The van der Waals surface area contributed by atoms with Crippen LogP contribution in [-0.4, -0.2) is 83.3 Å². The Kier molecular flexibility index (Phi) is 7.99. The molecule has 3 aromatic rings. The lowest BCUT2D eigenvalue weighted by Crippen LogP contribution is -2.38. The Balaban J connectivity index is 1.29. The molecule has 8 N–H and O–H groups in total. The summed E-state index contributed by atoms with van der Waals surface area (Å²) in [5, 5.41) is 32.5. The van der Waals surface area contributed by atoms with Crippen molar-refractivity contribution in [3.05, 3.63) is 34.6 Å². The van der Waals surface area contributed by atoms with Crippen LogP contribution >= 0.6 is 20.4 Å². The number of carbonyl (C=O) groups is 1. The number of carbonyl (C=O) groups excluding carboxylic acids is 1. The second-order valence-electron chi connectivity index (χ2n) is 8.55. The number of aromatic nitrogens is 4. The molecular weight excluding hydrogens is 542 g/mol. The molecule has 5 rings (SSSR count). The van der Waals surface area contributed by atoms with Gasteiger partial charge in [0.25, 0.3) is 5.56 Å². The number of hydrogen-bond donors (Lipinski definition) is 7. The van der Waals surface area contributed by atoms with Crippen molar-refractivity contribution in [2.24, 2.45) is 0 Å². The molecule has 5 atom stereocenters. The number of nitrogens with two attached hydrogens (primary N) is 1. The van der Waals surface area contributed by atoms with Crippen LogP contribution in [0.25, 0.3) is 11.2 Å². The van der Waals surface area contributed by atoms with Crippen LogP contribution < -0.4 is 22.1 Å². The molecule has 5 unspecified atom stereocenters. The SMILES string of the molecule is Nc1nc2c(nc(SCCCC(=O)Nc3cccc(B(O)O)c3)n2C2OC3COP(O)OC3C2O)c(=O)[nH]1. The molecule has 38 heavy (non-hydrogen) atoms. The predicted molar refractivity (Wildman–Crippen MR) is 137 cm³/mol. The van der Waals surface area contributed by atoms with Crippen LogP contribution in [0.3, 0.4) is 0 Å². The number of nitrogen functional groups attached to an aromatic ring is 1. The molecule has 18 heteroatoms. The number of fused-ring (bicyclic) bond motifs is 2. The fraction of sp³-hybridized carbons (Fsp3) is 0.400. The normalized spacial score (nSPS) is 24.9. The molecule has 2 aliphatic rings. The first-order valence-electron chi connectivity index (χ1n) is 11.5. The Bertz CT molecular complexity index is 1390. The van der Waals surface area contributed by atoms with Gasteiger partial charge in [0, 0.05) is 17.9 Å². The second kappa shape index (κ2) is 11.3. The largest absolute Gasteiger partial charge is 0.488 e. The number of aliphatic hydroxyl groups excluding tert-OH is 1. The standard InChI is InChI=1S/C20H24BN6O9PS/c22-19-25-16-13(17(30)26-19)24-20(27(16)18-14(29)15-11(35-18)8-34-37(33)36-15)38-6-2-5-12(28)23-10-4-1-3-9(7-10)21(31)32/h1,3-4,7,11,14-15,18,29,31-33H,2,5-6,8H2,(H,23,28)(H3,22,25,26,30). The number of amides is 1. The van der Waals surface area contributed by atoms with E-state index in [1.54, 1.807) is 12.1 Å². The fourth-order valence-electron chi connectivity index (χ4n) is 4.18. The van der Waals surface area contributed by atoms with Crippen LogP contribution in [0.2, 0.25) is 0 Å². The summed E-state index contributed by atoms with van der Waals surface area (Å²) in [6.45, 7) is 0.0149. The molecule has 2 saturated heterocycles. The Morgan fingerprint density at radius 3 is 2.97 bits per heavy atom. The van der Waals surface area contributed by atoms with Crippen molar-refractivity contribution < 1.29 is 38.6 Å². The van der Waals surface area contributed by atoms with Crippen LogP contribution in [0.1, 0.15) is 19.1 Å². The predicted octanol–water partition coefficient (Wildman–Crippen LogP) is -1.21. The van der Waals surface area contributed by atoms with Gasteiger partial charge in [0.15, 0.2) is 22.5 Å². The number of benzene rings is 1. The molecule has 0 aliphatic carbocycles. The highest BCUT2D eigenvalue weighted by atomic mass is 32.2. The highest BCUT2D eigenvalue weighted by Gasteiger charge is 2.50. The molecule has 0 saturated carbocycles. The minimum absolute atomic E-state index is 0.00218. The maximum Gasteiger partial charge on any atom is 0.488 e. The molecule has 2 aliphatic heterocycles. The molecule has 2 fully saturated rings. The highest BCUT2D eigenvalue weighted by Crippen LogP contribution is 2.47. The molecule has 2 aromatic heterocycles. The average Bonchev–Trinajstić information content (AvgIpc) is 3.39. The lowest BCUT2D eigenvalue weighted by atomic mass is 9.80. The Morgan fingerprint density at radius 2 is 2.18 bits per heavy atom. The molecular formula is C20H24BN6O9PS. The summed E-state index contributed by atoms with van der Waals surface area (Å²) >= 11 is 1.23. The van der Waals surface area contributed by atoms with Gasteiger partial charge in [-0.1, -0.05) is 23.9 Å². The summed E-state index contributed by atoms with van der Waals surface area (Å²) in [7, 11) is -3.79. The molecule has 1 amide bonds. The van der Waals surface area contributed by atoms with Gasteiger partial charge in [0.2, 0.25) is 11.9 Å². The highest BCUT2D eigenvalue weighted by molar-refractivity contribution is 7.99. The average molecular weight is 566 g/mol. The number of aromatic amines is 1. The van der Waals surface area contributed by atoms with Crippen molar-refractivity contribution in [2.45, 2.75) is 42.5 Å². The topological polar surface area (TPSA) is 227 Å². The van der Waals surface area contributed by atoms with Crippen LogP contribution in [0, 0.1) is 0 Å². The zero-order chi connectivity index (χ0) is 27.0. The number of hydrogen-bond acceptors (Lipinski definition) is 13. The fourth-order valence-corrected chi connectivity index (χ4v) is 5.94. The van der Waals surface area contributed by atoms with Crippen molar-refractivity contribution in [3.8, 4) is 0 Å². The van der Waals surface area contributed by atoms with Gasteiger partial charge in [-0.3, -0.25) is 19.1 Å². The number of anilines is 2. The van der Waals surface area contributed by atoms with Gasteiger partial charge >= 0.3 is 15.7 Å². The molecule has 15 nitrogen and oxygen atoms in total. The maximum atomic E-state index is 12.5. The number of nitrogens with zero attached hydrogens (tertiary/aromatic N) is 3. The summed E-state index contributed by atoms with van der Waals surface area (Å²) < 4.78 is 17.9. The first kappa shape index (κ1) is 27.0. The van der Waals surface area contributed by atoms with Gasteiger partial charge in [0.1, 0.15) is 18.3 Å². The van der Waals surface area contributed by atoms with Crippen molar-refractivity contribution >= 4 is 61.7 Å². The van der Waals surface area contributed by atoms with Crippen molar-refractivity contribution in [1.82, 2.24) is 19.5 Å². The lowest BCUT2D eigenvalue weighted by molar-refractivity contribution is -0.116. The van der Waals surface area contributed by atoms with E-state index in [4.69, 9.17) is 19.5 Å². The number of nitrogens with one attached hydrogen (secondary N) is 2. The van der Waals surface area contributed by atoms with Gasteiger partial charge in [-0.15, -0.1) is 0 Å². The third-order valence-electron chi connectivity index (χ3n) is 5.91. The van der Waals surface area contributed by atoms with E-state index in [1.807, 2.05) is 0 Å². The maximum absolute atomic E-state index is 12.5. The van der Waals surface area contributed by atoms with E-state index in [0.717, 1.165) is 0 Å². The number of aliphatic hydroxyl groups is 1. The quantitative estimate of drug-likeness (QED) is 0.0736. The summed E-state index contributed by atoms with van der Waals surface area (Å²) in [6, 6.07) is 6.23. The molecule has 0 bridgehead atoms. The second-order valence-corrected chi connectivity index (χ2v) is 10.6. The third-order valence-corrected chi connectivity index (χ3v) is 7.74. The van der Waals surface area contributed by atoms with E-state index in [9.17, 15) is 29.6 Å². The molecule has 4 heterocycles. The molecule has 0 spiro atoms. The number of imidazole rings is 1. The van der Waals surface area contributed by atoms with E-state index in [1.165, 1.54) is 28.5 Å². The lowest BCUT2D eigenvalue weighted by Gasteiger charge is -2.27. The van der Waals surface area contributed by atoms with Crippen LogP contribution in [0.5, 0.6) is 0 Å². The van der Waals surface area contributed by atoms with Gasteiger partial charge in [0.05, 0.1) is 6.61 Å². The minimum atomic E-state index is -2.14. The van der Waals surface area contributed by atoms with E-state index in [0.29, 0.717) is 23.0 Å². The van der Waals surface area contributed by atoms with E-state index in [-0.39, 0.29) is 41.5 Å². The Morgan fingerprint density at radius 1 is 1.37 bits per heavy atom. The Labute approximate surface area is 220 Å². The summed E-state index contributed by atoms with van der Waals surface area (Å²) in [6.07, 6.45) is -3.20. The minimum Gasteiger partial charge on any atom is -0.423 e. The van der Waals surface area contributed by atoms with Crippen molar-refractivity contribution in [1.29, 1.82) is 0 Å². The number of rotatable bonds is 8. The summed E-state index contributed by atoms with van der Waals surface area (Å²) in [5.74, 6) is 0.000351.